The molecular formula is C29H28F3N7. The van der Waals surface area contributed by atoms with Gasteiger partial charge in [-0.2, -0.15) is 13.2 Å². The minimum atomic E-state index is -4.50. The third kappa shape index (κ3) is 3.97. The summed E-state index contributed by atoms with van der Waals surface area (Å²) in [4.78, 5) is 13.5. The fourth-order valence-electron chi connectivity index (χ4n) is 5.43. The number of benzene rings is 2. The Labute approximate surface area is 223 Å². The standard InChI is InChI=1S/C29H28F3N7/c1-17(2)20-7-5-6-8-21(20)24-34-15-22-26(36-24)39(27(33)38(22)4)28(13-14-28)19-11-9-18(10-12-19)25-35-23(16-37(25)3)29(30,31)32/h5-12,15-17,33H,13-14H2,1-4H3. The molecule has 1 aliphatic carbocycles. The maximum absolute atomic E-state index is 13.2. The van der Waals surface area contributed by atoms with E-state index in [4.69, 9.17) is 10.4 Å². The van der Waals surface area contributed by atoms with Crippen LogP contribution in [0, 0.1) is 5.41 Å². The molecule has 0 atom stereocenters. The molecule has 0 saturated heterocycles. The van der Waals surface area contributed by atoms with Crippen LogP contribution in [0.3, 0.4) is 0 Å². The average molecular weight is 532 g/mol. The third-order valence-electron chi connectivity index (χ3n) is 7.68. The summed E-state index contributed by atoms with van der Waals surface area (Å²) in [6.07, 6.45) is -0.0739. The molecule has 0 bridgehead atoms. The Morgan fingerprint density at radius 2 is 1.67 bits per heavy atom. The van der Waals surface area contributed by atoms with Crippen molar-refractivity contribution in [1.29, 1.82) is 5.41 Å². The van der Waals surface area contributed by atoms with Crippen molar-refractivity contribution in [2.45, 2.75) is 44.3 Å². The lowest BCUT2D eigenvalue weighted by Gasteiger charge is -2.19. The van der Waals surface area contributed by atoms with Crippen molar-refractivity contribution in [3.05, 3.63) is 83.4 Å². The van der Waals surface area contributed by atoms with E-state index in [9.17, 15) is 13.2 Å². The maximum Gasteiger partial charge on any atom is 0.434 e. The normalized spacial score (nSPS) is 14.9. The van der Waals surface area contributed by atoms with Gasteiger partial charge in [0.2, 0.25) is 5.62 Å². The minimum absolute atomic E-state index is 0.249. The first-order valence-electron chi connectivity index (χ1n) is 12.8. The van der Waals surface area contributed by atoms with Crippen LogP contribution >= 0.6 is 0 Å². The number of halogens is 3. The predicted molar refractivity (Wildman–Crippen MR) is 142 cm³/mol. The highest BCUT2D eigenvalue weighted by molar-refractivity contribution is 5.75. The van der Waals surface area contributed by atoms with Gasteiger partial charge in [0.25, 0.3) is 0 Å². The summed E-state index contributed by atoms with van der Waals surface area (Å²) in [7, 11) is 3.39. The fourth-order valence-corrected chi connectivity index (χ4v) is 5.43. The fraction of sp³-hybridized carbons (Fsp3) is 0.310. The number of nitrogens with zero attached hydrogens (tertiary/aromatic N) is 6. The Morgan fingerprint density at radius 3 is 2.28 bits per heavy atom. The van der Waals surface area contributed by atoms with Crippen LogP contribution in [-0.4, -0.2) is 28.7 Å². The number of nitrogens with one attached hydrogen (secondary N) is 1. The zero-order valence-electron chi connectivity index (χ0n) is 22.1. The molecule has 3 aromatic heterocycles. The molecule has 7 nitrogen and oxygen atoms in total. The van der Waals surface area contributed by atoms with Crippen molar-refractivity contribution in [1.82, 2.24) is 28.7 Å². The topological polar surface area (TPSA) is 77.3 Å². The highest BCUT2D eigenvalue weighted by Gasteiger charge is 2.48. The number of hydrogen-bond acceptors (Lipinski definition) is 4. The van der Waals surface area contributed by atoms with Crippen LogP contribution in [0.4, 0.5) is 13.2 Å². The van der Waals surface area contributed by atoms with Crippen LogP contribution in [0.5, 0.6) is 0 Å². The van der Waals surface area contributed by atoms with Crippen LogP contribution in [0.1, 0.15) is 49.4 Å². The van der Waals surface area contributed by atoms with Crippen LogP contribution in [0.15, 0.2) is 60.9 Å². The molecule has 1 fully saturated rings. The van der Waals surface area contributed by atoms with Gasteiger partial charge in [0.15, 0.2) is 17.2 Å². The van der Waals surface area contributed by atoms with Crippen LogP contribution in [-0.2, 0) is 25.8 Å². The Balaban J connectivity index is 1.44. The molecule has 6 rings (SSSR count). The molecule has 2 aromatic carbocycles. The molecule has 39 heavy (non-hydrogen) atoms. The third-order valence-corrected chi connectivity index (χ3v) is 7.68. The summed E-state index contributed by atoms with van der Waals surface area (Å²) in [6.45, 7) is 4.28. The van der Waals surface area contributed by atoms with Crippen LogP contribution < -0.4 is 5.62 Å². The van der Waals surface area contributed by atoms with Crippen molar-refractivity contribution in [3.63, 3.8) is 0 Å². The molecule has 5 aromatic rings. The van der Waals surface area contributed by atoms with Gasteiger partial charge in [-0.25, -0.2) is 15.0 Å². The van der Waals surface area contributed by atoms with Gasteiger partial charge in [-0.15, -0.1) is 0 Å². The first-order valence-corrected chi connectivity index (χ1v) is 12.8. The van der Waals surface area contributed by atoms with E-state index in [1.165, 1.54) is 4.57 Å². The number of hydrogen-bond donors (Lipinski definition) is 1. The number of rotatable bonds is 5. The summed E-state index contributed by atoms with van der Waals surface area (Å²) >= 11 is 0. The molecule has 0 radical (unpaired) electrons. The van der Waals surface area contributed by atoms with Gasteiger partial charge in [0, 0.05) is 31.4 Å². The van der Waals surface area contributed by atoms with Crippen molar-refractivity contribution in [2.24, 2.45) is 14.1 Å². The Kier molecular flexibility index (Phi) is 5.57. The summed E-state index contributed by atoms with van der Waals surface area (Å²) in [5.74, 6) is 1.17. The molecule has 200 valence electrons. The van der Waals surface area contributed by atoms with Gasteiger partial charge in [-0.1, -0.05) is 62.4 Å². The van der Waals surface area contributed by atoms with E-state index in [2.05, 4.69) is 29.9 Å². The Morgan fingerprint density at radius 1 is 0.974 bits per heavy atom. The lowest BCUT2D eigenvalue weighted by molar-refractivity contribution is -0.140. The maximum atomic E-state index is 13.2. The van der Waals surface area contributed by atoms with Crippen molar-refractivity contribution in [2.75, 3.05) is 0 Å². The molecule has 0 spiro atoms. The van der Waals surface area contributed by atoms with Crippen LogP contribution in [0.25, 0.3) is 33.9 Å². The first kappa shape index (κ1) is 25.1. The molecule has 0 unspecified atom stereocenters. The monoisotopic (exact) mass is 531 g/mol. The first-order chi connectivity index (χ1) is 18.5. The minimum Gasteiger partial charge on any atom is -0.333 e. The van der Waals surface area contributed by atoms with Gasteiger partial charge in [-0.05, 0) is 29.9 Å². The zero-order valence-corrected chi connectivity index (χ0v) is 22.1. The largest absolute Gasteiger partial charge is 0.434 e. The van der Waals surface area contributed by atoms with E-state index in [0.29, 0.717) is 28.6 Å². The quantitative estimate of drug-likeness (QED) is 0.302. The molecule has 0 amide bonds. The smallest absolute Gasteiger partial charge is 0.333 e. The number of imidazole rings is 2. The van der Waals surface area contributed by atoms with E-state index >= 15 is 0 Å². The Bertz CT molecular complexity index is 1770. The number of alkyl halides is 3. The summed E-state index contributed by atoms with van der Waals surface area (Å²) in [5, 5.41) is 8.96. The van der Waals surface area contributed by atoms with E-state index < -0.39 is 17.4 Å². The van der Waals surface area contributed by atoms with Crippen LogP contribution in [0.2, 0.25) is 0 Å². The second-order valence-electron chi connectivity index (χ2n) is 10.5. The van der Waals surface area contributed by atoms with Gasteiger partial charge in [-0.3, -0.25) is 9.98 Å². The van der Waals surface area contributed by atoms with Gasteiger partial charge >= 0.3 is 6.18 Å². The summed E-state index contributed by atoms with van der Waals surface area (Å²) < 4.78 is 44.7. The SMILES string of the molecule is CC(C)c1ccccc1-c1ncc2c(n1)n(C1(c3ccc(-c4nc(C(F)(F)F)cn4C)cc3)CC1)c(=N)n2C. The van der Waals surface area contributed by atoms with E-state index in [0.717, 1.165) is 41.2 Å². The highest BCUT2D eigenvalue weighted by Crippen LogP contribution is 2.50. The van der Waals surface area contributed by atoms with Crippen molar-refractivity contribution < 1.29 is 13.2 Å². The van der Waals surface area contributed by atoms with Crippen molar-refractivity contribution >= 4 is 11.2 Å². The average Bonchev–Trinajstić information content (AvgIpc) is 3.54. The lowest BCUT2D eigenvalue weighted by Crippen LogP contribution is -2.32. The molecule has 1 N–H and O–H groups in total. The zero-order chi connectivity index (χ0) is 27.7. The molecule has 0 aliphatic heterocycles. The molecule has 3 heterocycles. The second-order valence-corrected chi connectivity index (χ2v) is 10.5. The van der Waals surface area contributed by atoms with Crippen molar-refractivity contribution in [3.8, 4) is 22.8 Å². The van der Waals surface area contributed by atoms with Gasteiger partial charge < -0.3 is 9.13 Å². The molecule has 1 saturated carbocycles. The summed E-state index contributed by atoms with van der Waals surface area (Å²) in [6, 6.07) is 15.5. The van der Waals surface area contributed by atoms with E-state index in [-0.39, 0.29) is 5.82 Å². The molecule has 10 heteroatoms. The number of fused-ring (bicyclic) bond motifs is 1. The molecule has 1 aliphatic rings. The summed E-state index contributed by atoms with van der Waals surface area (Å²) in [5.41, 5.74) is 4.09. The second kappa shape index (κ2) is 8.65. The highest BCUT2D eigenvalue weighted by atomic mass is 19.4. The predicted octanol–water partition coefficient (Wildman–Crippen LogP) is 6.00. The van der Waals surface area contributed by atoms with Gasteiger partial charge in [0.05, 0.1) is 11.7 Å². The molecular weight excluding hydrogens is 503 g/mol. The van der Waals surface area contributed by atoms with Gasteiger partial charge in [0.1, 0.15) is 11.3 Å². The lowest BCUT2D eigenvalue weighted by atomic mass is 9.97. The number of aryl methyl sites for hydroxylation is 2. The van der Waals surface area contributed by atoms with E-state index in [1.54, 1.807) is 29.9 Å². The Hall–Kier alpha value is -4.21. The number of aromatic nitrogens is 6. The van der Waals surface area contributed by atoms with E-state index in [1.807, 2.05) is 41.9 Å².